The van der Waals surface area contributed by atoms with E-state index in [1.54, 1.807) is 12.4 Å². The lowest BCUT2D eigenvalue weighted by Crippen LogP contribution is -2.17. The van der Waals surface area contributed by atoms with Crippen molar-refractivity contribution in [3.05, 3.63) is 36.7 Å². The third-order valence-corrected chi connectivity index (χ3v) is 4.92. The molecular weight excluding hydrogens is 322 g/mol. The number of rotatable bonds is 6. The molecule has 0 atom stereocenters. The molecule has 1 aliphatic rings. The monoisotopic (exact) mass is 343 g/mol. The van der Waals surface area contributed by atoms with Crippen LogP contribution in [-0.2, 0) is 9.53 Å². The van der Waals surface area contributed by atoms with Gasteiger partial charge in [-0.25, -0.2) is 9.97 Å². The van der Waals surface area contributed by atoms with Gasteiger partial charge in [0.15, 0.2) is 5.16 Å². The summed E-state index contributed by atoms with van der Waals surface area (Å²) in [5.74, 6) is 0.576. The molecule has 0 spiro atoms. The van der Waals surface area contributed by atoms with Crippen LogP contribution in [-0.4, -0.2) is 33.3 Å². The molecule has 2 aromatic heterocycles. The molecule has 1 saturated carbocycles. The minimum Gasteiger partial charge on any atom is -0.465 e. The molecule has 6 heteroatoms. The molecule has 0 N–H and O–H groups in total. The second kappa shape index (κ2) is 8.78. The minimum atomic E-state index is -0.197. The standard InChI is InChI=1S/C18H21N3O2S/c22-17(23-12-14-6-2-1-3-7-14)13-24-18-20-11-9-16(21-18)15-8-4-5-10-19-15/h4-5,8-11,14H,1-3,6-7,12-13H2. The summed E-state index contributed by atoms with van der Waals surface area (Å²) in [6.07, 6.45) is 9.59. The van der Waals surface area contributed by atoms with E-state index in [0.717, 1.165) is 11.4 Å². The van der Waals surface area contributed by atoms with Gasteiger partial charge in [0.2, 0.25) is 0 Å². The third-order valence-electron chi connectivity index (χ3n) is 4.08. The average molecular weight is 343 g/mol. The quantitative estimate of drug-likeness (QED) is 0.452. The Kier molecular flexibility index (Phi) is 6.18. The van der Waals surface area contributed by atoms with Crippen molar-refractivity contribution >= 4 is 17.7 Å². The van der Waals surface area contributed by atoms with Crippen molar-refractivity contribution in [2.75, 3.05) is 12.4 Å². The van der Waals surface area contributed by atoms with Crippen molar-refractivity contribution in [1.82, 2.24) is 15.0 Å². The SMILES string of the molecule is O=C(CSc1nccc(-c2ccccn2)n1)OCC1CCCCC1. The number of ether oxygens (including phenoxy) is 1. The predicted octanol–water partition coefficient (Wildman–Crippen LogP) is 3.75. The molecule has 3 rings (SSSR count). The molecular formula is C18H21N3O2S. The van der Waals surface area contributed by atoms with E-state index in [4.69, 9.17) is 4.74 Å². The second-order valence-corrected chi connectivity index (χ2v) is 6.86. The summed E-state index contributed by atoms with van der Waals surface area (Å²) in [4.78, 5) is 24.8. The molecule has 1 aliphatic carbocycles. The first-order valence-corrected chi connectivity index (χ1v) is 9.33. The lowest BCUT2D eigenvalue weighted by molar-refractivity contribution is -0.142. The van der Waals surface area contributed by atoms with Crippen LogP contribution >= 0.6 is 11.8 Å². The summed E-state index contributed by atoms with van der Waals surface area (Å²) in [6, 6.07) is 7.49. The van der Waals surface area contributed by atoms with Crippen LogP contribution in [0.2, 0.25) is 0 Å². The van der Waals surface area contributed by atoms with Gasteiger partial charge in [-0.15, -0.1) is 0 Å². The van der Waals surface area contributed by atoms with Crippen LogP contribution in [0.15, 0.2) is 41.8 Å². The highest BCUT2D eigenvalue weighted by Gasteiger charge is 2.16. The van der Waals surface area contributed by atoms with Crippen molar-refractivity contribution < 1.29 is 9.53 Å². The highest BCUT2D eigenvalue weighted by atomic mass is 32.2. The molecule has 126 valence electrons. The van der Waals surface area contributed by atoms with Gasteiger partial charge in [-0.3, -0.25) is 9.78 Å². The number of nitrogens with zero attached hydrogens (tertiary/aromatic N) is 3. The van der Waals surface area contributed by atoms with Gasteiger partial charge in [-0.05, 0) is 37.0 Å². The van der Waals surface area contributed by atoms with Crippen LogP contribution in [0.1, 0.15) is 32.1 Å². The molecule has 2 aromatic rings. The zero-order valence-corrected chi connectivity index (χ0v) is 14.4. The summed E-state index contributed by atoms with van der Waals surface area (Å²) >= 11 is 1.30. The Morgan fingerprint density at radius 1 is 1.08 bits per heavy atom. The van der Waals surface area contributed by atoms with Gasteiger partial charge in [-0.2, -0.15) is 0 Å². The Hall–Kier alpha value is -1.95. The Morgan fingerprint density at radius 2 is 1.96 bits per heavy atom. The van der Waals surface area contributed by atoms with Crippen LogP contribution in [0, 0.1) is 5.92 Å². The van der Waals surface area contributed by atoms with Crippen molar-refractivity contribution in [2.45, 2.75) is 37.3 Å². The van der Waals surface area contributed by atoms with E-state index in [2.05, 4.69) is 15.0 Å². The largest absolute Gasteiger partial charge is 0.465 e. The number of hydrogen-bond donors (Lipinski definition) is 0. The van der Waals surface area contributed by atoms with Crippen LogP contribution in [0.4, 0.5) is 0 Å². The summed E-state index contributed by atoms with van der Waals surface area (Å²) in [7, 11) is 0. The third kappa shape index (κ3) is 5.03. The fraction of sp³-hybridized carbons (Fsp3) is 0.444. The molecule has 0 amide bonds. The van der Waals surface area contributed by atoms with E-state index in [-0.39, 0.29) is 11.7 Å². The summed E-state index contributed by atoms with van der Waals surface area (Å²) in [6.45, 7) is 0.550. The topological polar surface area (TPSA) is 65.0 Å². The molecule has 0 saturated heterocycles. The van der Waals surface area contributed by atoms with E-state index in [9.17, 15) is 4.79 Å². The molecule has 0 radical (unpaired) electrons. The highest BCUT2D eigenvalue weighted by Crippen LogP contribution is 2.24. The van der Waals surface area contributed by atoms with E-state index >= 15 is 0 Å². The highest BCUT2D eigenvalue weighted by molar-refractivity contribution is 7.99. The number of thioether (sulfide) groups is 1. The van der Waals surface area contributed by atoms with Gasteiger partial charge in [0.25, 0.3) is 0 Å². The maximum absolute atomic E-state index is 11.9. The second-order valence-electron chi connectivity index (χ2n) is 5.92. The molecule has 2 heterocycles. The molecule has 0 unspecified atom stereocenters. The van der Waals surface area contributed by atoms with E-state index in [1.165, 1.54) is 43.9 Å². The first-order valence-electron chi connectivity index (χ1n) is 8.34. The van der Waals surface area contributed by atoms with Crippen LogP contribution < -0.4 is 0 Å². The first-order chi connectivity index (χ1) is 11.8. The Labute approximate surface area is 146 Å². The summed E-state index contributed by atoms with van der Waals surface area (Å²) in [5, 5.41) is 0.563. The van der Waals surface area contributed by atoms with E-state index < -0.39 is 0 Å². The number of esters is 1. The van der Waals surface area contributed by atoms with Crippen LogP contribution in [0.3, 0.4) is 0 Å². The fourth-order valence-electron chi connectivity index (χ4n) is 2.80. The number of carbonyl (C=O) groups excluding carboxylic acids is 1. The van der Waals surface area contributed by atoms with Gasteiger partial charge in [0.1, 0.15) is 0 Å². The lowest BCUT2D eigenvalue weighted by Gasteiger charge is -2.20. The van der Waals surface area contributed by atoms with Gasteiger partial charge in [0.05, 0.1) is 23.7 Å². The van der Waals surface area contributed by atoms with Gasteiger partial charge in [-0.1, -0.05) is 37.1 Å². The Morgan fingerprint density at radius 3 is 2.75 bits per heavy atom. The molecule has 24 heavy (non-hydrogen) atoms. The Bertz CT molecular complexity index is 660. The molecule has 0 aliphatic heterocycles. The molecule has 0 aromatic carbocycles. The van der Waals surface area contributed by atoms with Crippen LogP contribution in [0.5, 0.6) is 0 Å². The van der Waals surface area contributed by atoms with Gasteiger partial charge >= 0.3 is 5.97 Å². The predicted molar refractivity (Wildman–Crippen MR) is 93.5 cm³/mol. The number of pyridine rings is 1. The Balaban J connectivity index is 1.48. The normalized spacial score (nSPS) is 15.2. The molecule has 5 nitrogen and oxygen atoms in total. The maximum Gasteiger partial charge on any atom is 0.316 e. The summed E-state index contributed by atoms with van der Waals surface area (Å²) in [5.41, 5.74) is 1.55. The van der Waals surface area contributed by atoms with E-state index in [1.807, 2.05) is 24.3 Å². The van der Waals surface area contributed by atoms with Gasteiger partial charge < -0.3 is 4.74 Å². The fourth-order valence-corrected chi connectivity index (χ4v) is 3.43. The van der Waals surface area contributed by atoms with Gasteiger partial charge in [0, 0.05) is 12.4 Å². The number of carbonyl (C=O) groups is 1. The van der Waals surface area contributed by atoms with E-state index in [0.29, 0.717) is 17.7 Å². The number of hydrogen-bond acceptors (Lipinski definition) is 6. The lowest BCUT2D eigenvalue weighted by atomic mass is 9.90. The van der Waals surface area contributed by atoms with Crippen molar-refractivity contribution in [3.8, 4) is 11.4 Å². The average Bonchev–Trinajstić information content (AvgIpc) is 2.66. The van der Waals surface area contributed by atoms with Crippen molar-refractivity contribution in [2.24, 2.45) is 5.92 Å². The molecule has 0 bridgehead atoms. The van der Waals surface area contributed by atoms with Crippen molar-refractivity contribution in [3.63, 3.8) is 0 Å². The maximum atomic E-state index is 11.9. The summed E-state index contributed by atoms with van der Waals surface area (Å²) < 4.78 is 5.39. The zero-order valence-electron chi connectivity index (χ0n) is 13.6. The first kappa shape index (κ1) is 16.9. The molecule has 1 fully saturated rings. The van der Waals surface area contributed by atoms with Crippen LogP contribution in [0.25, 0.3) is 11.4 Å². The smallest absolute Gasteiger partial charge is 0.316 e. The zero-order chi connectivity index (χ0) is 16.6. The number of aromatic nitrogens is 3. The van der Waals surface area contributed by atoms with Crippen molar-refractivity contribution in [1.29, 1.82) is 0 Å². The minimum absolute atomic E-state index is 0.197.